The van der Waals surface area contributed by atoms with Gasteiger partial charge in [0.25, 0.3) is 0 Å². The number of aromatic nitrogens is 11. The summed E-state index contributed by atoms with van der Waals surface area (Å²) in [6, 6.07) is 59.0. The van der Waals surface area contributed by atoms with E-state index in [4.69, 9.17) is 72.8 Å². The standard InChI is InChI=1S/C131H147N11O8/c1-124(2,3)63-73-143-108-35-29-36-109(144-74-64-125(4,5)6)120(108)116-98-49-44-85(134-98)83-86-45-50-99(135-86)117(121-110(145-75-65-126(7,8)9)37-30-38-111(121)146-76-66-127(10,11)12)101-58-54-93(139-101)88(92-53-57-100(116)138-92)47-48-89-94-55-61-104(140-94)118(122-112(147-77-67-128(13,14)15)39-31-40-113(122)148-78-68-129(16,17)18)102-59-51-90(136-102)87(46-43-84-81-106(96-33-25-27-71-132-96)142-107(82-84)97-34-26-28-72-133-97)91-52-60-103(137-91)119(105-62-56-95(89)141-105)123-114(149-79-69-130(19,20)21)41-32-42-115(123)150-80-70-131(22,23)24/h25-42,44-45,49-62,71-72,81-83,134,136,139,141H,63-70,73-80H2,1-24H3. The van der Waals surface area contributed by atoms with E-state index in [2.05, 4.69) is 313 Å². The quantitative estimate of drug-likeness (QED) is 0.0307. The topological polar surface area (TPSA) is 227 Å². The van der Waals surface area contributed by atoms with Crippen molar-refractivity contribution in [2.24, 2.45) is 43.3 Å². The number of rotatable bonds is 30. The molecular formula is C131H147N11O8. The molecule has 0 amide bonds. The van der Waals surface area contributed by atoms with E-state index in [1.165, 1.54) is 0 Å². The lowest BCUT2D eigenvalue weighted by molar-refractivity contribution is 0.235. The Morgan fingerprint density at radius 3 is 0.733 bits per heavy atom. The smallest absolute Gasteiger partial charge is 0.131 e. The predicted octanol–water partition coefficient (Wildman–Crippen LogP) is 33.1. The molecule has 19 nitrogen and oxygen atoms in total. The lowest BCUT2D eigenvalue weighted by Crippen LogP contribution is -2.13. The highest BCUT2D eigenvalue weighted by Gasteiger charge is 2.32. The molecule has 13 aromatic rings. The zero-order chi connectivity index (χ0) is 106. The highest BCUT2D eigenvalue weighted by Crippen LogP contribution is 2.51. The van der Waals surface area contributed by atoms with Gasteiger partial charge in [0.05, 0.1) is 177 Å². The summed E-state index contributed by atoms with van der Waals surface area (Å²) in [5, 5.41) is 0. The van der Waals surface area contributed by atoms with Crippen LogP contribution in [0.3, 0.4) is 0 Å². The van der Waals surface area contributed by atoms with E-state index in [9.17, 15) is 0 Å². The van der Waals surface area contributed by atoms with Crippen molar-refractivity contribution in [2.45, 2.75) is 218 Å². The number of hydrogen-bond donors (Lipinski definition) is 4. The first-order chi connectivity index (χ1) is 71.3. The van der Waals surface area contributed by atoms with E-state index in [1.807, 2.05) is 121 Å². The van der Waals surface area contributed by atoms with Gasteiger partial charge in [0.15, 0.2) is 0 Å². The van der Waals surface area contributed by atoms with Crippen LogP contribution in [0.4, 0.5) is 0 Å². The summed E-state index contributed by atoms with van der Waals surface area (Å²) in [5.41, 5.74) is 21.2. The molecule has 4 N–H and O–H groups in total. The Hall–Kier alpha value is -15.0. The number of H-pyrrole nitrogens is 4. The van der Waals surface area contributed by atoms with E-state index < -0.39 is 0 Å². The Labute approximate surface area is 886 Å². The zero-order valence-electron chi connectivity index (χ0n) is 92.2. The molecule has 4 aliphatic heterocycles. The summed E-state index contributed by atoms with van der Waals surface area (Å²) >= 11 is 0. The second-order valence-electron chi connectivity index (χ2n) is 49.2. The van der Waals surface area contributed by atoms with E-state index in [0.29, 0.717) is 234 Å². The Morgan fingerprint density at radius 2 is 0.460 bits per heavy atom. The van der Waals surface area contributed by atoms with Crippen LogP contribution in [0, 0.1) is 67.0 Å². The molecule has 0 unspecified atom stereocenters. The summed E-state index contributed by atoms with van der Waals surface area (Å²) in [6.45, 7) is 57.2. The molecule has 9 aromatic heterocycles. The molecule has 19 heteroatoms. The average Bonchev–Trinajstić information content (AvgIpc) is 1.60. The first kappa shape index (κ1) is 106. The van der Waals surface area contributed by atoms with Crippen LogP contribution in [0.1, 0.15) is 285 Å². The summed E-state index contributed by atoms with van der Waals surface area (Å²) in [4.78, 5) is 54.3. The van der Waals surface area contributed by atoms with Crippen molar-refractivity contribution in [3.8, 4) is 137 Å². The minimum absolute atomic E-state index is 0.0253. The molecular weight excluding hydrogens is 1860 g/mol. The van der Waals surface area contributed by atoms with Crippen molar-refractivity contribution in [3.63, 3.8) is 0 Å². The molecule has 0 saturated heterocycles. The molecule has 0 fully saturated rings. The summed E-state index contributed by atoms with van der Waals surface area (Å²) in [5.74, 6) is 20.5. The van der Waals surface area contributed by atoms with Gasteiger partial charge in [-0.15, -0.1) is 0 Å². The van der Waals surface area contributed by atoms with Crippen LogP contribution >= 0.6 is 0 Å². The minimum Gasteiger partial charge on any atom is -0.493 e. The largest absolute Gasteiger partial charge is 0.493 e. The van der Waals surface area contributed by atoms with Crippen molar-refractivity contribution in [3.05, 3.63) is 256 Å². The van der Waals surface area contributed by atoms with Crippen molar-refractivity contribution < 1.29 is 37.9 Å². The third-order valence-corrected chi connectivity index (χ3v) is 26.5. The van der Waals surface area contributed by atoms with Gasteiger partial charge in [-0.1, -0.05) is 226 Å². The normalized spacial score (nSPS) is 12.7. The fourth-order valence-corrected chi connectivity index (χ4v) is 17.7. The number of hydrogen-bond acceptors (Lipinski definition) is 15. The highest BCUT2D eigenvalue weighted by atomic mass is 16.5. The third kappa shape index (κ3) is 27.4. The van der Waals surface area contributed by atoms with Crippen molar-refractivity contribution in [1.82, 2.24) is 54.8 Å². The average molecular weight is 2000 g/mol. The van der Waals surface area contributed by atoms with E-state index in [0.717, 1.165) is 95.9 Å². The molecule has 0 atom stereocenters. The first-order valence-electron chi connectivity index (χ1n) is 53.0. The van der Waals surface area contributed by atoms with Gasteiger partial charge in [0.1, 0.15) is 46.0 Å². The molecule has 4 aliphatic rings. The SMILES string of the molecule is CC(C)(C)CCOc1cccc(OCCC(C)(C)C)c1-c1c2nc(c(C#Cc3c4nc(c(-c5c(OCCC(C)(C)C)cccc5OCCC(C)(C)C)c5ccc([nH]5)c(C#Cc5cc(-c6ccccn6)nc(-c6ccccn6)c5)c5nc(c(-c6c(OCCC(C)(C)C)cccc6OCCC(C)(C)C)c6ccc3[nH]6)C=C5)C=C4)c3ccc([nH]3)c(-c3c(OCCC(C)(C)C)cccc3OCCC(C)(C)C)c3nc(cc4ccc1[nH]4)C=C3)C=C2. The molecule has 4 aromatic carbocycles. The third-order valence-electron chi connectivity index (χ3n) is 26.5. The number of pyridine rings is 3. The number of aromatic amines is 4. The summed E-state index contributed by atoms with van der Waals surface area (Å²) in [6.07, 6.45) is 26.4. The Bertz CT molecular complexity index is 7410. The lowest BCUT2D eigenvalue weighted by Gasteiger charge is -2.22. The van der Waals surface area contributed by atoms with E-state index >= 15 is 0 Å². The number of ether oxygens (including phenoxy) is 8. The fraction of sp³-hybridized carbons (Fsp3) is 0.366. The van der Waals surface area contributed by atoms with Crippen LogP contribution in [0.15, 0.2) is 188 Å². The maximum atomic E-state index is 7.20. The molecule has 0 aliphatic carbocycles. The van der Waals surface area contributed by atoms with E-state index in [-0.39, 0.29) is 43.3 Å². The second kappa shape index (κ2) is 44.5. The van der Waals surface area contributed by atoms with Crippen molar-refractivity contribution in [2.75, 3.05) is 52.9 Å². The Balaban J connectivity index is 1.02. The maximum absolute atomic E-state index is 7.20. The van der Waals surface area contributed by atoms with Crippen LogP contribution in [-0.4, -0.2) is 108 Å². The molecule has 774 valence electrons. The van der Waals surface area contributed by atoms with Crippen LogP contribution in [-0.2, 0) is 0 Å². The number of fused-ring (bicyclic) bond motifs is 16. The Morgan fingerprint density at radius 1 is 0.213 bits per heavy atom. The number of nitrogens with one attached hydrogen (secondary N) is 4. The van der Waals surface area contributed by atoms with Crippen LogP contribution in [0.25, 0.3) is 160 Å². The summed E-state index contributed by atoms with van der Waals surface area (Å²) in [7, 11) is 0. The van der Waals surface area contributed by atoms with Crippen molar-refractivity contribution >= 4 is 92.7 Å². The molecule has 0 spiro atoms. The minimum atomic E-state index is -0.0651. The molecule has 16 bridgehead atoms. The van der Waals surface area contributed by atoms with Gasteiger partial charge in [0, 0.05) is 67.8 Å². The summed E-state index contributed by atoms with van der Waals surface area (Å²) < 4.78 is 57.1. The van der Waals surface area contributed by atoms with Gasteiger partial charge in [-0.3, -0.25) is 9.97 Å². The zero-order valence-corrected chi connectivity index (χ0v) is 92.2. The van der Waals surface area contributed by atoms with Crippen LogP contribution < -0.4 is 37.9 Å². The predicted molar refractivity (Wildman–Crippen MR) is 619 cm³/mol. The molecule has 0 radical (unpaired) electrons. The number of nitrogens with zero attached hydrogens (tertiary/aromatic N) is 7. The number of benzene rings is 4. The van der Waals surface area contributed by atoms with E-state index in [1.54, 1.807) is 12.4 Å². The van der Waals surface area contributed by atoms with Crippen molar-refractivity contribution in [1.29, 1.82) is 0 Å². The van der Waals surface area contributed by atoms with Gasteiger partial charge in [-0.2, -0.15) is 0 Å². The van der Waals surface area contributed by atoms with Gasteiger partial charge in [-0.05, 0) is 283 Å². The monoisotopic (exact) mass is 2000 g/mol. The van der Waals surface area contributed by atoms with Gasteiger partial charge >= 0.3 is 0 Å². The second-order valence-corrected chi connectivity index (χ2v) is 49.2. The Kier molecular flexibility index (Phi) is 31.5. The van der Waals surface area contributed by atoms with Crippen LogP contribution in [0.2, 0.25) is 0 Å². The lowest BCUT2D eigenvalue weighted by atomic mass is 9.93. The van der Waals surface area contributed by atoms with Gasteiger partial charge < -0.3 is 57.8 Å². The molecule has 150 heavy (non-hydrogen) atoms. The van der Waals surface area contributed by atoms with Crippen LogP contribution in [0.5, 0.6) is 46.0 Å². The molecule has 17 rings (SSSR count). The first-order valence-corrected chi connectivity index (χ1v) is 53.0. The van der Waals surface area contributed by atoms with Gasteiger partial charge in [0.2, 0.25) is 0 Å². The van der Waals surface area contributed by atoms with Gasteiger partial charge in [-0.25, -0.2) is 24.9 Å². The maximum Gasteiger partial charge on any atom is 0.131 e. The highest BCUT2D eigenvalue weighted by molar-refractivity contribution is 6.02. The fourth-order valence-electron chi connectivity index (χ4n) is 17.7. The molecule has 13 heterocycles. The molecule has 0 saturated carbocycles.